The van der Waals surface area contributed by atoms with Crippen molar-refractivity contribution in [1.29, 1.82) is 0 Å². The summed E-state index contributed by atoms with van der Waals surface area (Å²) in [4.78, 5) is 0. The molecule has 24 heavy (non-hydrogen) atoms. The predicted octanol–water partition coefficient (Wildman–Crippen LogP) is 2.46. The topological polar surface area (TPSA) is 8.81 Å². The van der Waals surface area contributed by atoms with Crippen LogP contribution in [0.2, 0.25) is 0 Å². The highest BCUT2D eigenvalue weighted by Crippen LogP contribution is 2.32. The molecule has 6 heteroatoms. The van der Waals surface area contributed by atoms with Crippen molar-refractivity contribution in [3.8, 4) is 16.9 Å². The molecule has 124 valence electrons. The molecule has 0 atom stereocenters. The van der Waals surface area contributed by atoms with Gasteiger partial charge in [0.2, 0.25) is 0 Å². The number of halogens is 3. The number of aryl methyl sites for hydroxylation is 1. The molecule has 1 aliphatic heterocycles. The van der Waals surface area contributed by atoms with Crippen LogP contribution < -0.4 is 21.5 Å². The second kappa shape index (κ2) is 7.77. The Bertz CT molecular complexity index is 842. The maximum Gasteiger partial charge on any atom is 0.323 e. The van der Waals surface area contributed by atoms with E-state index in [1.807, 2.05) is 11.8 Å². The number of thioether (sulfide) groups is 1. The molecule has 1 aromatic heterocycles. The summed E-state index contributed by atoms with van der Waals surface area (Å²) in [7, 11) is 0. The van der Waals surface area contributed by atoms with Crippen molar-refractivity contribution >= 4 is 43.6 Å². The molecule has 0 aliphatic carbocycles. The van der Waals surface area contributed by atoms with Crippen molar-refractivity contribution in [2.75, 3.05) is 5.75 Å². The fourth-order valence-electron chi connectivity index (χ4n) is 2.86. The SMILES string of the molecule is Brc1ccc(-c2c[n+]3c(n2-c2ccc(Br)cc2)SCCC3)cc1.[Br-]. The van der Waals surface area contributed by atoms with Crippen molar-refractivity contribution < 1.29 is 21.5 Å². The number of benzene rings is 2. The average molecular weight is 531 g/mol. The van der Waals surface area contributed by atoms with Crippen LogP contribution in [0.4, 0.5) is 0 Å². The highest BCUT2D eigenvalue weighted by Gasteiger charge is 2.28. The number of imidazole rings is 1. The van der Waals surface area contributed by atoms with E-state index >= 15 is 0 Å². The summed E-state index contributed by atoms with van der Waals surface area (Å²) in [5, 5.41) is 1.32. The fraction of sp³-hybridized carbons (Fsp3) is 0.167. The molecule has 0 bridgehead atoms. The van der Waals surface area contributed by atoms with Crippen LogP contribution in [0.25, 0.3) is 16.9 Å². The van der Waals surface area contributed by atoms with Crippen LogP contribution in [0.15, 0.2) is 68.8 Å². The van der Waals surface area contributed by atoms with E-state index in [0.717, 1.165) is 15.5 Å². The van der Waals surface area contributed by atoms with Gasteiger partial charge in [0.15, 0.2) is 5.69 Å². The molecule has 0 unspecified atom stereocenters. The lowest BCUT2D eigenvalue weighted by Gasteiger charge is -2.09. The van der Waals surface area contributed by atoms with Gasteiger partial charge in [-0.05, 0) is 66.7 Å². The van der Waals surface area contributed by atoms with E-state index in [1.54, 1.807) is 0 Å². The Morgan fingerprint density at radius 2 is 1.54 bits per heavy atom. The standard InChI is InChI=1S/C18H15Br2N2S.BrH/c19-14-4-2-13(3-5-14)17-12-21-10-1-11-23-18(21)22(17)16-8-6-15(20)7-9-16;/h2-9,12H,1,10-11H2;1H/q+1;/p-1. The van der Waals surface area contributed by atoms with Gasteiger partial charge in [0.25, 0.3) is 0 Å². The van der Waals surface area contributed by atoms with E-state index < -0.39 is 0 Å². The maximum absolute atomic E-state index is 3.53. The fourth-order valence-corrected chi connectivity index (χ4v) is 4.49. The summed E-state index contributed by atoms with van der Waals surface area (Å²) in [5.41, 5.74) is 3.68. The number of aromatic nitrogens is 2. The van der Waals surface area contributed by atoms with Crippen molar-refractivity contribution in [3.63, 3.8) is 0 Å². The smallest absolute Gasteiger partial charge is 0.323 e. The number of fused-ring (bicyclic) bond motifs is 1. The molecule has 1 aliphatic rings. The van der Waals surface area contributed by atoms with Gasteiger partial charge < -0.3 is 17.0 Å². The monoisotopic (exact) mass is 528 g/mol. The first-order valence-corrected chi connectivity index (χ1v) is 10.1. The molecule has 4 rings (SSSR count). The summed E-state index contributed by atoms with van der Waals surface area (Å²) in [6.07, 6.45) is 3.51. The summed E-state index contributed by atoms with van der Waals surface area (Å²) in [6.45, 7) is 1.09. The second-order valence-electron chi connectivity index (χ2n) is 5.51. The van der Waals surface area contributed by atoms with Gasteiger partial charge in [-0.3, -0.25) is 0 Å². The first-order valence-electron chi connectivity index (χ1n) is 7.52. The van der Waals surface area contributed by atoms with Crippen LogP contribution >= 0.6 is 43.6 Å². The summed E-state index contributed by atoms with van der Waals surface area (Å²) in [6, 6.07) is 17.1. The molecular formula is C18H15Br3N2S. The van der Waals surface area contributed by atoms with Crippen LogP contribution in [0, 0.1) is 0 Å². The zero-order valence-corrected chi connectivity index (χ0v) is 18.3. The van der Waals surface area contributed by atoms with Gasteiger partial charge in [0.05, 0.1) is 6.54 Å². The van der Waals surface area contributed by atoms with Crippen LogP contribution in [-0.4, -0.2) is 10.3 Å². The lowest BCUT2D eigenvalue weighted by molar-refractivity contribution is -0.734. The van der Waals surface area contributed by atoms with Gasteiger partial charge in [-0.25, -0.2) is 4.57 Å². The average Bonchev–Trinajstić information content (AvgIpc) is 2.96. The quantitative estimate of drug-likeness (QED) is 0.462. The first-order chi connectivity index (χ1) is 11.2. The minimum absolute atomic E-state index is 0. The molecule has 0 N–H and O–H groups in total. The Kier molecular flexibility index (Phi) is 5.90. The second-order valence-corrected chi connectivity index (χ2v) is 8.40. The summed E-state index contributed by atoms with van der Waals surface area (Å²) in [5.74, 6) is 1.18. The van der Waals surface area contributed by atoms with E-state index in [-0.39, 0.29) is 17.0 Å². The lowest BCUT2D eigenvalue weighted by Crippen LogP contribution is -3.00. The van der Waals surface area contributed by atoms with E-state index in [2.05, 4.69) is 95.7 Å². The van der Waals surface area contributed by atoms with Gasteiger partial charge in [0.1, 0.15) is 11.9 Å². The molecule has 0 spiro atoms. The number of nitrogens with zero attached hydrogens (tertiary/aromatic N) is 2. The Morgan fingerprint density at radius 3 is 2.21 bits per heavy atom. The molecule has 2 nitrogen and oxygen atoms in total. The van der Waals surface area contributed by atoms with Crippen LogP contribution in [0.3, 0.4) is 0 Å². The zero-order valence-electron chi connectivity index (χ0n) is 12.8. The molecule has 0 radical (unpaired) electrons. The number of hydrogen-bond donors (Lipinski definition) is 0. The zero-order chi connectivity index (χ0) is 15.8. The molecule has 2 heterocycles. The molecule has 0 saturated carbocycles. The van der Waals surface area contributed by atoms with Crippen molar-refractivity contribution in [3.05, 3.63) is 63.7 Å². The molecule has 2 aromatic carbocycles. The highest BCUT2D eigenvalue weighted by atomic mass is 79.9. The third-order valence-electron chi connectivity index (χ3n) is 3.96. The summed E-state index contributed by atoms with van der Waals surface area (Å²) >= 11 is 8.99. The minimum Gasteiger partial charge on any atom is -1.00 e. The first kappa shape index (κ1) is 18.2. The predicted molar refractivity (Wildman–Crippen MR) is 102 cm³/mol. The summed E-state index contributed by atoms with van der Waals surface area (Å²) < 4.78 is 6.97. The van der Waals surface area contributed by atoms with Crippen molar-refractivity contribution in [2.24, 2.45) is 0 Å². The Balaban J connectivity index is 0.00000169. The lowest BCUT2D eigenvalue weighted by atomic mass is 10.1. The maximum atomic E-state index is 3.53. The minimum atomic E-state index is 0. The van der Waals surface area contributed by atoms with Crippen LogP contribution in [0.5, 0.6) is 0 Å². The van der Waals surface area contributed by atoms with Crippen molar-refractivity contribution in [2.45, 2.75) is 18.1 Å². The number of rotatable bonds is 2. The van der Waals surface area contributed by atoms with Crippen molar-refractivity contribution in [1.82, 2.24) is 4.57 Å². The largest absolute Gasteiger partial charge is 1.00 e. The van der Waals surface area contributed by atoms with E-state index in [1.165, 1.54) is 34.3 Å². The molecule has 0 saturated heterocycles. The Morgan fingerprint density at radius 1 is 0.917 bits per heavy atom. The van der Waals surface area contributed by atoms with Gasteiger partial charge in [-0.15, -0.1) is 0 Å². The highest BCUT2D eigenvalue weighted by molar-refractivity contribution is 9.10. The van der Waals surface area contributed by atoms with E-state index in [0.29, 0.717) is 0 Å². The van der Waals surface area contributed by atoms with E-state index in [9.17, 15) is 0 Å². The van der Waals surface area contributed by atoms with E-state index in [4.69, 9.17) is 0 Å². The Hall–Kier alpha value is -0.560. The molecule has 0 amide bonds. The molecule has 0 fully saturated rings. The van der Waals surface area contributed by atoms with Gasteiger partial charge >= 0.3 is 5.16 Å². The third kappa shape index (κ3) is 3.52. The third-order valence-corrected chi connectivity index (χ3v) is 6.18. The normalized spacial score (nSPS) is 13.2. The van der Waals surface area contributed by atoms with Gasteiger partial charge in [-0.2, -0.15) is 4.57 Å². The molecular weight excluding hydrogens is 516 g/mol. The number of hydrogen-bond acceptors (Lipinski definition) is 1. The van der Waals surface area contributed by atoms with Crippen LogP contribution in [-0.2, 0) is 6.54 Å². The Labute approximate surface area is 173 Å². The van der Waals surface area contributed by atoms with Gasteiger partial charge in [-0.1, -0.05) is 31.9 Å². The molecule has 3 aromatic rings. The van der Waals surface area contributed by atoms with Gasteiger partial charge in [0, 0.05) is 20.3 Å². The van der Waals surface area contributed by atoms with Crippen LogP contribution in [0.1, 0.15) is 6.42 Å².